The van der Waals surface area contributed by atoms with Gasteiger partial charge < -0.3 is 9.73 Å². The summed E-state index contributed by atoms with van der Waals surface area (Å²) in [5.41, 5.74) is 2.64. The van der Waals surface area contributed by atoms with Crippen LogP contribution in [0.25, 0.3) is 0 Å². The van der Waals surface area contributed by atoms with Crippen molar-refractivity contribution in [3.63, 3.8) is 0 Å². The molecule has 0 saturated carbocycles. The molecule has 1 atom stereocenters. The molecule has 2 nitrogen and oxygen atoms in total. The van der Waals surface area contributed by atoms with E-state index in [4.69, 9.17) is 4.42 Å². The minimum atomic E-state index is 0.329. The summed E-state index contributed by atoms with van der Waals surface area (Å²) in [6.45, 7) is 0. The maximum Gasteiger partial charge on any atom is 0.125 e. The summed E-state index contributed by atoms with van der Waals surface area (Å²) in [4.78, 5) is 0. The van der Waals surface area contributed by atoms with Gasteiger partial charge in [-0.05, 0) is 36.6 Å². The van der Waals surface area contributed by atoms with Crippen LogP contribution in [0.4, 0.5) is 5.69 Å². The van der Waals surface area contributed by atoms with Crippen molar-refractivity contribution in [3.8, 4) is 0 Å². The fourth-order valence-electron chi connectivity index (χ4n) is 2.14. The highest BCUT2D eigenvalue weighted by Gasteiger charge is 2.20. The Balaban J connectivity index is 1.89. The third-order valence-electron chi connectivity index (χ3n) is 2.94. The standard InChI is InChI=1S/C13H13NO/c1-2-5-11-10(4-1)7-8-12(14-11)13-6-3-9-15-13/h1-6,9,12,14H,7-8H2/t12-/m1/s1. The van der Waals surface area contributed by atoms with Crippen LogP contribution in [-0.2, 0) is 6.42 Å². The molecule has 2 heteroatoms. The van der Waals surface area contributed by atoms with E-state index in [2.05, 4.69) is 29.6 Å². The second-order valence-corrected chi connectivity index (χ2v) is 3.91. The molecule has 0 aliphatic carbocycles. The van der Waals surface area contributed by atoms with Crippen molar-refractivity contribution in [2.75, 3.05) is 5.32 Å². The van der Waals surface area contributed by atoms with Gasteiger partial charge in [-0.25, -0.2) is 0 Å². The number of nitrogens with one attached hydrogen (secondary N) is 1. The zero-order valence-electron chi connectivity index (χ0n) is 8.44. The first-order valence-electron chi connectivity index (χ1n) is 5.31. The molecule has 0 spiro atoms. The zero-order valence-corrected chi connectivity index (χ0v) is 8.44. The average Bonchev–Trinajstić information content (AvgIpc) is 2.82. The average molecular weight is 199 g/mol. The predicted octanol–water partition coefficient (Wildman–Crippen LogP) is 3.38. The van der Waals surface area contributed by atoms with Gasteiger partial charge in [-0.2, -0.15) is 0 Å². The van der Waals surface area contributed by atoms with Crippen LogP contribution in [0.5, 0.6) is 0 Å². The van der Waals surface area contributed by atoms with Gasteiger partial charge in [-0.3, -0.25) is 0 Å². The summed E-state index contributed by atoms with van der Waals surface area (Å²) >= 11 is 0. The van der Waals surface area contributed by atoms with Gasteiger partial charge in [-0.15, -0.1) is 0 Å². The highest BCUT2D eigenvalue weighted by Crippen LogP contribution is 2.32. The normalized spacial score (nSPS) is 19.3. The van der Waals surface area contributed by atoms with Gasteiger partial charge in [0, 0.05) is 5.69 Å². The first kappa shape index (κ1) is 8.60. The van der Waals surface area contributed by atoms with Gasteiger partial charge in [-0.1, -0.05) is 18.2 Å². The van der Waals surface area contributed by atoms with Gasteiger partial charge in [0.2, 0.25) is 0 Å². The van der Waals surface area contributed by atoms with E-state index in [0.717, 1.165) is 18.6 Å². The van der Waals surface area contributed by atoms with Crippen molar-refractivity contribution in [1.82, 2.24) is 0 Å². The number of aryl methyl sites for hydroxylation is 1. The summed E-state index contributed by atoms with van der Waals surface area (Å²) in [5.74, 6) is 1.03. The molecule has 1 aliphatic heterocycles. The molecule has 2 heterocycles. The van der Waals surface area contributed by atoms with Gasteiger partial charge >= 0.3 is 0 Å². The van der Waals surface area contributed by atoms with Crippen LogP contribution >= 0.6 is 0 Å². The number of fused-ring (bicyclic) bond motifs is 1. The van der Waals surface area contributed by atoms with E-state index < -0.39 is 0 Å². The van der Waals surface area contributed by atoms with Gasteiger partial charge in [0.1, 0.15) is 5.76 Å². The quantitative estimate of drug-likeness (QED) is 0.761. The first-order valence-corrected chi connectivity index (χ1v) is 5.31. The third-order valence-corrected chi connectivity index (χ3v) is 2.94. The Hall–Kier alpha value is -1.70. The van der Waals surface area contributed by atoms with E-state index in [1.54, 1.807) is 6.26 Å². The summed E-state index contributed by atoms with van der Waals surface area (Å²) in [5, 5.41) is 3.51. The topological polar surface area (TPSA) is 25.2 Å². The lowest BCUT2D eigenvalue weighted by Crippen LogP contribution is -2.17. The van der Waals surface area contributed by atoms with E-state index in [1.807, 2.05) is 12.1 Å². The highest BCUT2D eigenvalue weighted by molar-refractivity contribution is 5.54. The lowest BCUT2D eigenvalue weighted by Gasteiger charge is -2.25. The summed E-state index contributed by atoms with van der Waals surface area (Å²) in [6, 6.07) is 12.8. The zero-order chi connectivity index (χ0) is 10.1. The second-order valence-electron chi connectivity index (χ2n) is 3.91. The van der Waals surface area contributed by atoms with Crippen molar-refractivity contribution >= 4 is 5.69 Å². The SMILES string of the molecule is c1coc([C@H]2CCc3ccccc3N2)c1. The number of para-hydroxylation sites is 1. The Morgan fingerprint density at radius 1 is 1.13 bits per heavy atom. The second kappa shape index (κ2) is 3.46. The third kappa shape index (κ3) is 1.52. The Kier molecular flexibility index (Phi) is 1.98. The smallest absolute Gasteiger partial charge is 0.125 e. The maximum absolute atomic E-state index is 5.43. The van der Waals surface area contributed by atoms with Crippen molar-refractivity contribution in [1.29, 1.82) is 0 Å². The largest absolute Gasteiger partial charge is 0.467 e. The molecule has 1 aliphatic rings. The molecule has 0 radical (unpaired) electrons. The Bertz CT molecular complexity index is 447. The number of hydrogen-bond acceptors (Lipinski definition) is 2. The summed E-state index contributed by atoms with van der Waals surface area (Å²) in [7, 11) is 0. The number of rotatable bonds is 1. The minimum absolute atomic E-state index is 0.329. The monoisotopic (exact) mass is 199 g/mol. The van der Waals surface area contributed by atoms with Crippen LogP contribution in [0.1, 0.15) is 23.8 Å². The number of hydrogen-bond donors (Lipinski definition) is 1. The molecule has 0 unspecified atom stereocenters. The van der Waals surface area contributed by atoms with E-state index in [-0.39, 0.29) is 0 Å². The molecule has 1 N–H and O–H groups in total. The van der Waals surface area contributed by atoms with E-state index in [9.17, 15) is 0 Å². The minimum Gasteiger partial charge on any atom is -0.467 e. The van der Waals surface area contributed by atoms with Crippen LogP contribution in [0.3, 0.4) is 0 Å². The van der Waals surface area contributed by atoms with Gasteiger partial charge in [0.05, 0.1) is 12.3 Å². The molecule has 2 aromatic rings. The molecule has 1 aromatic carbocycles. The molecule has 15 heavy (non-hydrogen) atoms. The van der Waals surface area contributed by atoms with Crippen molar-refractivity contribution in [2.45, 2.75) is 18.9 Å². The van der Waals surface area contributed by atoms with E-state index >= 15 is 0 Å². The Morgan fingerprint density at radius 3 is 2.93 bits per heavy atom. The lowest BCUT2D eigenvalue weighted by atomic mass is 9.97. The predicted molar refractivity (Wildman–Crippen MR) is 59.8 cm³/mol. The maximum atomic E-state index is 5.43. The first-order chi connectivity index (χ1) is 7.43. The van der Waals surface area contributed by atoms with Crippen molar-refractivity contribution < 1.29 is 4.42 Å². The molecule has 0 amide bonds. The number of anilines is 1. The van der Waals surface area contributed by atoms with Crippen LogP contribution < -0.4 is 5.32 Å². The molecule has 0 saturated heterocycles. The molecule has 0 bridgehead atoms. The molecule has 0 fully saturated rings. The Morgan fingerprint density at radius 2 is 2.07 bits per heavy atom. The highest BCUT2D eigenvalue weighted by atomic mass is 16.3. The summed E-state index contributed by atoms with van der Waals surface area (Å²) < 4.78 is 5.43. The summed E-state index contributed by atoms with van der Waals surface area (Å²) in [6.07, 6.45) is 3.95. The molecular formula is C13H13NO. The Labute approximate surface area is 88.9 Å². The molecule has 76 valence electrons. The van der Waals surface area contributed by atoms with E-state index in [1.165, 1.54) is 11.3 Å². The van der Waals surface area contributed by atoms with Gasteiger partial charge in [0.25, 0.3) is 0 Å². The van der Waals surface area contributed by atoms with E-state index in [0.29, 0.717) is 6.04 Å². The molecular weight excluding hydrogens is 186 g/mol. The van der Waals surface area contributed by atoms with Crippen LogP contribution in [0.15, 0.2) is 47.1 Å². The molecule has 3 rings (SSSR count). The molecule has 1 aromatic heterocycles. The fourth-order valence-corrected chi connectivity index (χ4v) is 2.14. The lowest BCUT2D eigenvalue weighted by molar-refractivity contribution is 0.462. The van der Waals surface area contributed by atoms with Crippen LogP contribution in [0, 0.1) is 0 Å². The van der Waals surface area contributed by atoms with Crippen LogP contribution in [0.2, 0.25) is 0 Å². The fraction of sp³-hybridized carbons (Fsp3) is 0.231. The number of benzene rings is 1. The van der Waals surface area contributed by atoms with Crippen LogP contribution in [-0.4, -0.2) is 0 Å². The van der Waals surface area contributed by atoms with Crippen molar-refractivity contribution in [2.24, 2.45) is 0 Å². The number of furan rings is 1. The van der Waals surface area contributed by atoms with Crippen molar-refractivity contribution in [3.05, 3.63) is 54.0 Å². The van der Waals surface area contributed by atoms with Gasteiger partial charge in [0.15, 0.2) is 0 Å².